The summed E-state index contributed by atoms with van der Waals surface area (Å²) in [4.78, 5) is 0. The van der Waals surface area contributed by atoms with Gasteiger partial charge in [0.1, 0.15) is 0 Å². The summed E-state index contributed by atoms with van der Waals surface area (Å²) in [5, 5.41) is 0. The Hall–Kier alpha value is 1.11. The van der Waals surface area contributed by atoms with Crippen molar-refractivity contribution in [2.75, 3.05) is 9.52 Å². The summed E-state index contributed by atoms with van der Waals surface area (Å²) in [5.74, 6) is 1.31. The molecule has 3 heteroatoms. The number of unbranched alkanes of at least 4 members (excludes halogenated alkanes) is 1. The van der Waals surface area contributed by atoms with Crippen molar-refractivity contribution >= 4 is 32.9 Å². The average Bonchev–Trinajstić information content (AvgIpc) is 2.02. The number of thioether (sulfide) groups is 1. The van der Waals surface area contributed by atoms with Crippen LogP contribution in [0.3, 0.4) is 0 Å². The molecule has 1 nitrogen and oxygen atoms in total. The van der Waals surface area contributed by atoms with Gasteiger partial charge in [-0.15, -0.1) is 0 Å². The van der Waals surface area contributed by atoms with E-state index in [9.17, 15) is 0 Å². The second-order valence-electron chi connectivity index (χ2n) is 3.11. The van der Waals surface area contributed by atoms with Crippen molar-refractivity contribution in [3.8, 4) is 0 Å². The molecule has 0 aromatic rings. The summed E-state index contributed by atoms with van der Waals surface area (Å²) >= 11 is 2.15. The van der Waals surface area contributed by atoms with Crippen LogP contribution >= 0.6 is 11.8 Å². The molecule has 0 fully saturated rings. The van der Waals surface area contributed by atoms with E-state index in [0.717, 1.165) is 0 Å². The molecule has 0 rings (SSSR count). The molecule has 0 aromatic heterocycles. The number of hydrogen-bond acceptors (Lipinski definition) is 2. The van der Waals surface area contributed by atoms with E-state index in [4.69, 9.17) is 5.73 Å². The summed E-state index contributed by atoms with van der Waals surface area (Å²) in [5.41, 5.74) is 5.66. The SMILES string of the molecule is CCS[CH2][Sn][CH2]CCCC(C)N. The molecule has 1 unspecified atom stereocenters. The molecule has 2 radical (unpaired) electrons. The number of rotatable bonds is 8. The minimum absolute atomic E-state index is 0.0292. The predicted molar refractivity (Wildman–Crippen MR) is 61.1 cm³/mol. The molecule has 0 aliphatic heterocycles. The van der Waals surface area contributed by atoms with E-state index in [0.29, 0.717) is 6.04 Å². The van der Waals surface area contributed by atoms with E-state index < -0.39 is 0 Å². The normalized spacial score (nSPS) is 13.2. The quantitative estimate of drug-likeness (QED) is 0.549. The zero-order valence-corrected chi connectivity index (χ0v) is 12.0. The van der Waals surface area contributed by atoms with E-state index >= 15 is 0 Å². The van der Waals surface area contributed by atoms with Crippen molar-refractivity contribution in [3.63, 3.8) is 0 Å². The Kier molecular flexibility index (Phi) is 11.1. The third-order valence-corrected chi connectivity index (χ3v) is 8.00. The first-order valence-electron chi connectivity index (χ1n) is 4.81. The summed E-state index contributed by atoms with van der Waals surface area (Å²) in [7, 11) is 0. The molecule has 2 N–H and O–H groups in total. The maximum absolute atomic E-state index is 5.66. The van der Waals surface area contributed by atoms with Crippen LogP contribution < -0.4 is 5.73 Å². The minimum atomic E-state index is 0.0292. The third-order valence-electron chi connectivity index (χ3n) is 1.67. The standard InChI is InChI=1S/C6H14N.C3H7S.Sn/c1-3-4-5-6(2)7;1-3-4-2;/h6H,1,3-5,7H2,2H3;2-3H2,1H3;. The van der Waals surface area contributed by atoms with Gasteiger partial charge in [0.15, 0.2) is 0 Å². The number of hydrogen-bond donors (Lipinski definition) is 1. The van der Waals surface area contributed by atoms with Crippen LogP contribution in [0.4, 0.5) is 0 Å². The summed E-state index contributed by atoms with van der Waals surface area (Å²) in [6.45, 7) is 4.35. The van der Waals surface area contributed by atoms with Crippen molar-refractivity contribution in [1.82, 2.24) is 0 Å². The Bertz CT molecular complexity index is 88.6. The first kappa shape index (κ1) is 13.1. The van der Waals surface area contributed by atoms with Crippen LogP contribution in [-0.2, 0) is 0 Å². The van der Waals surface area contributed by atoms with Crippen molar-refractivity contribution in [3.05, 3.63) is 0 Å². The van der Waals surface area contributed by atoms with Crippen molar-refractivity contribution in [2.45, 2.75) is 43.6 Å². The fraction of sp³-hybridized carbons (Fsp3) is 1.00. The molecule has 12 heavy (non-hydrogen) atoms. The van der Waals surface area contributed by atoms with Crippen LogP contribution in [0, 0.1) is 0 Å². The second-order valence-corrected chi connectivity index (χ2v) is 9.71. The molecule has 0 bridgehead atoms. The molecule has 0 aromatic carbocycles. The maximum atomic E-state index is 5.66. The van der Waals surface area contributed by atoms with Gasteiger partial charge in [-0.3, -0.25) is 0 Å². The van der Waals surface area contributed by atoms with Crippen molar-refractivity contribution in [1.29, 1.82) is 0 Å². The van der Waals surface area contributed by atoms with Crippen molar-refractivity contribution in [2.24, 2.45) is 5.73 Å². The Balaban J connectivity index is 2.82. The van der Waals surface area contributed by atoms with E-state index in [1.54, 1.807) is 4.44 Å². The fourth-order valence-corrected chi connectivity index (χ4v) is 7.10. The summed E-state index contributed by atoms with van der Waals surface area (Å²) < 4.78 is 3.07. The monoisotopic (exact) mass is 295 g/mol. The van der Waals surface area contributed by atoms with E-state index in [1.165, 1.54) is 28.8 Å². The molecule has 0 amide bonds. The van der Waals surface area contributed by atoms with Gasteiger partial charge in [-0.1, -0.05) is 0 Å². The molecular formula is C9H21NSSn. The fourth-order valence-electron chi connectivity index (χ4n) is 0.963. The van der Waals surface area contributed by atoms with Gasteiger partial charge in [0, 0.05) is 0 Å². The summed E-state index contributed by atoms with van der Waals surface area (Å²) in [6, 6.07) is 0.417. The van der Waals surface area contributed by atoms with Crippen LogP contribution in [0.5, 0.6) is 0 Å². The number of nitrogens with two attached hydrogens (primary N) is 1. The van der Waals surface area contributed by atoms with Gasteiger partial charge in [-0.25, -0.2) is 0 Å². The van der Waals surface area contributed by atoms with Crippen molar-refractivity contribution < 1.29 is 0 Å². The molecular weight excluding hydrogens is 273 g/mol. The molecule has 0 aliphatic carbocycles. The topological polar surface area (TPSA) is 26.0 Å². The molecule has 72 valence electrons. The molecule has 0 spiro atoms. The van der Waals surface area contributed by atoms with E-state index in [2.05, 4.69) is 25.6 Å². The molecule has 0 saturated carbocycles. The zero-order chi connectivity index (χ0) is 9.23. The first-order chi connectivity index (χ1) is 5.77. The van der Waals surface area contributed by atoms with E-state index in [-0.39, 0.29) is 21.1 Å². The Labute approximate surface area is 91.5 Å². The molecule has 0 aliphatic rings. The second kappa shape index (κ2) is 10.2. The van der Waals surface area contributed by atoms with Crippen LogP contribution in [0.15, 0.2) is 0 Å². The van der Waals surface area contributed by atoms with Crippen LogP contribution in [0.25, 0.3) is 0 Å². The van der Waals surface area contributed by atoms with Gasteiger partial charge in [0.2, 0.25) is 0 Å². The van der Waals surface area contributed by atoms with Crippen LogP contribution in [0.1, 0.15) is 33.1 Å². The van der Waals surface area contributed by atoms with Crippen LogP contribution in [0.2, 0.25) is 4.44 Å². The molecule has 0 heterocycles. The Morgan fingerprint density at radius 2 is 2.17 bits per heavy atom. The van der Waals surface area contributed by atoms with Gasteiger partial charge >= 0.3 is 91.7 Å². The third kappa shape index (κ3) is 11.1. The van der Waals surface area contributed by atoms with Crippen LogP contribution in [-0.4, -0.2) is 36.7 Å². The zero-order valence-electron chi connectivity index (χ0n) is 8.31. The summed E-state index contributed by atoms with van der Waals surface area (Å²) in [6.07, 6.45) is 4.02. The van der Waals surface area contributed by atoms with Gasteiger partial charge in [-0.2, -0.15) is 0 Å². The first-order valence-corrected chi connectivity index (χ1v) is 10.0. The predicted octanol–water partition coefficient (Wildman–Crippen LogP) is 2.34. The molecule has 1 atom stereocenters. The molecule has 0 saturated heterocycles. The van der Waals surface area contributed by atoms with Gasteiger partial charge in [-0.05, 0) is 0 Å². The van der Waals surface area contributed by atoms with Gasteiger partial charge in [0.05, 0.1) is 0 Å². The Morgan fingerprint density at radius 1 is 1.42 bits per heavy atom. The van der Waals surface area contributed by atoms with Gasteiger partial charge < -0.3 is 0 Å². The van der Waals surface area contributed by atoms with E-state index in [1.807, 2.05) is 0 Å². The Morgan fingerprint density at radius 3 is 2.75 bits per heavy atom. The van der Waals surface area contributed by atoms with Gasteiger partial charge in [0.25, 0.3) is 0 Å². The average molecular weight is 294 g/mol.